The van der Waals surface area contributed by atoms with Crippen LogP contribution in [0.25, 0.3) is 10.9 Å². The molecule has 3 aromatic rings. The van der Waals surface area contributed by atoms with Gasteiger partial charge in [0.15, 0.2) is 0 Å². The van der Waals surface area contributed by atoms with E-state index in [2.05, 4.69) is 11.9 Å². The molecule has 0 aliphatic rings. The summed E-state index contributed by atoms with van der Waals surface area (Å²) in [5.41, 5.74) is 4.41. The van der Waals surface area contributed by atoms with Crippen molar-refractivity contribution in [1.29, 1.82) is 0 Å². The SMILES string of the molecule is COC(=O)CCc1[nH]c2ccc(OCc3ccccc3)cc2c1C. The predicted molar refractivity (Wildman–Crippen MR) is 94.1 cm³/mol. The first-order valence-corrected chi connectivity index (χ1v) is 8.02. The van der Waals surface area contributed by atoms with Gasteiger partial charge in [0, 0.05) is 16.6 Å². The number of aryl methyl sites for hydroxylation is 2. The van der Waals surface area contributed by atoms with E-state index in [9.17, 15) is 4.79 Å². The van der Waals surface area contributed by atoms with E-state index in [4.69, 9.17) is 9.47 Å². The fraction of sp³-hybridized carbons (Fsp3) is 0.250. The predicted octanol–water partition coefficient (Wildman–Crippen LogP) is 4.16. The highest BCUT2D eigenvalue weighted by Crippen LogP contribution is 2.27. The Morgan fingerprint density at radius 2 is 1.92 bits per heavy atom. The molecule has 1 aromatic heterocycles. The normalized spacial score (nSPS) is 10.8. The number of rotatable bonds is 6. The molecule has 3 rings (SSSR count). The van der Waals surface area contributed by atoms with Gasteiger partial charge in [-0.2, -0.15) is 0 Å². The molecule has 1 N–H and O–H groups in total. The second kappa shape index (κ2) is 7.21. The fourth-order valence-corrected chi connectivity index (χ4v) is 2.77. The lowest BCUT2D eigenvalue weighted by molar-refractivity contribution is -0.140. The number of nitrogens with one attached hydrogen (secondary N) is 1. The topological polar surface area (TPSA) is 51.3 Å². The van der Waals surface area contributed by atoms with Gasteiger partial charge in [-0.15, -0.1) is 0 Å². The Balaban J connectivity index is 1.75. The molecule has 2 aromatic carbocycles. The van der Waals surface area contributed by atoms with Crippen LogP contribution >= 0.6 is 0 Å². The minimum absolute atomic E-state index is 0.195. The summed E-state index contributed by atoms with van der Waals surface area (Å²) in [5, 5.41) is 1.13. The molecule has 0 fully saturated rings. The van der Waals surface area contributed by atoms with Crippen LogP contribution in [0.5, 0.6) is 5.75 Å². The van der Waals surface area contributed by atoms with Gasteiger partial charge in [0.05, 0.1) is 13.5 Å². The summed E-state index contributed by atoms with van der Waals surface area (Å²) in [6.45, 7) is 2.61. The molecule has 0 amide bonds. The average molecular weight is 323 g/mol. The maximum atomic E-state index is 11.3. The van der Waals surface area contributed by atoms with Crippen LogP contribution in [0.2, 0.25) is 0 Å². The highest BCUT2D eigenvalue weighted by molar-refractivity contribution is 5.86. The number of esters is 1. The van der Waals surface area contributed by atoms with Gasteiger partial charge < -0.3 is 14.5 Å². The lowest BCUT2D eigenvalue weighted by Gasteiger charge is -2.06. The molecule has 24 heavy (non-hydrogen) atoms. The van der Waals surface area contributed by atoms with Gasteiger partial charge in [-0.1, -0.05) is 30.3 Å². The summed E-state index contributed by atoms with van der Waals surface area (Å²) in [7, 11) is 1.41. The summed E-state index contributed by atoms with van der Waals surface area (Å²) in [6.07, 6.45) is 1.02. The van der Waals surface area contributed by atoms with Crippen LogP contribution in [0, 0.1) is 6.92 Å². The van der Waals surface area contributed by atoms with E-state index in [-0.39, 0.29) is 5.97 Å². The minimum atomic E-state index is -0.195. The van der Waals surface area contributed by atoms with E-state index in [1.165, 1.54) is 7.11 Å². The average Bonchev–Trinajstić information content (AvgIpc) is 2.94. The van der Waals surface area contributed by atoms with Crippen molar-refractivity contribution >= 4 is 16.9 Å². The second-order valence-electron chi connectivity index (χ2n) is 5.79. The number of ether oxygens (including phenoxy) is 2. The van der Waals surface area contributed by atoms with Crippen LogP contribution in [0.4, 0.5) is 0 Å². The molecular weight excluding hydrogens is 302 g/mol. The number of carbonyl (C=O) groups excluding carboxylic acids is 1. The number of H-pyrrole nitrogens is 1. The molecule has 0 spiro atoms. The molecular formula is C20H21NO3. The van der Waals surface area contributed by atoms with Crippen LogP contribution in [0.3, 0.4) is 0 Å². The van der Waals surface area contributed by atoms with Crippen LogP contribution < -0.4 is 4.74 Å². The van der Waals surface area contributed by atoms with Crippen LogP contribution in [-0.2, 0) is 22.6 Å². The summed E-state index contributed by atoms with van der Waals surface area (Å²) < 4.78 is 10.6. The molecule has 0 unspecified atom stereocenters. The number of fused-ring (bicyclic) bond motifs is 1. The molecule has 0 bridgehead atoms. The quantitative estimate of drug-likeness (QED) is 0.693. The van der Waals surface area contributed by atoms with Gasteiger partial charge >= 0.3 is 5.97 Å². The summed E-state index contributed by atoms with van der Waals surface area (Å²) >= 11 is 0. The zero-order valence-corrected chi connectivity index (χ0v) is 14.0. The lowest BCUT2D eigenvalue weighted by Crippen LogP contribution is -2.02. The smallest absolute Gasteiger partial charge is 0.305 e. The maximum Gasteiger partial charge on any atom is 0.305 e. The molecule has 4 nitrogen and oxygen atoms in total. The summed E-state index contributed by atoms with van der Waals surface area (Å²) in [5.74, 6) is 0.646. The summed E-state index contributed by atoms with van der Waals surface area (Å²) in [4.78, 5) is 14.7. The van der Waals surface area contributed by atoms with E-state index in [0.29, 0.717) is 19.4 Å². The molecule has 4 heteroatoms. The van der Waals surface area contributed by atoms with Crippen molar-refractivity contribution in [3.05, 3.63) is 65.4 Å². The fourth-order valence-electron chi connectivity index (χ4n) is 2.77. The molecule has 1 heterocycles. The number of hydrogen-bond acceptors (Lipinski definition) is 3. The van der Waals surface area contributed by atoms with E-state index >= 15 is 0 Å². The van der Waals surface area contributed by atoms with E-state index < -0.39 is 0 Å². The monoisotopic (exact) mass is 323 g/mol. The third-order valence-corrected chi connectivity index (χ3v) is 4.19. The van der Waals surface area contributed by atoms with Crippen molar-refractivity contribution < 1.29 is 14.3 Å². The molecule has 0 aliphatic heterocycles. The van der Waals surface area contributed by atoms with Gasteiger partial charge in [-0.05, 0) is 42.7 Å². The van der Waals surface area contributed by atoms with Gasteiger partial charge in [-0.3, -0.25) is 4.79 Å². The van der Waals surface area contributed by atoms with Crippen LogP contribution in [0.15, 0.2) is 48.5 Å². The number of hydrogen-bond donors (Lipinski definition) is 1. The first kappa shape index (κ1) is 16.1. The molecule has 0 saturated carbocycles. The Kier molecular flexibility index (Phi) is 4.85. The number of methoxy groups -OCH3 is 1. The van der Waals surface area contributed by atoms with Crippen LogP contribution in [-0.4, -0.2) is 18.1 Å². The van der Waals surface area contributed by atoms with Crippen molar-refractivity contribution in [3.63, 3.8) is 0 Å². The van der Waals surface area contributed by atoms with E-state index in [1.54, 1.807) is 0 Å². The number of benzene rings is 2. The largest absolute Gasteiger partial charge is 0.489 e. The van der Waals surface area contributed by atoms with Crippen molar-refractivity contribution in [2.45, 2.75) is 26.4 Å². The molecule has 124 valence electrons. The highest BCUT2D eigenvalue weighted by atomic mass is 16.5. The van der Waals surface area contributed by atoms with Crippen molar-refractivity contribution in [3.8, 4) is 5.75 Å². The Morgan fingerprint density at radius 1 is 1.12 bits per heavy atom. The number of carbonyl (C=O) groups is 1. The Hall–Kier alpha value is -2.75. The Bertz CT molecular complexity index is 837. The number of aromatic amines is 1. The van der Waals surface area contributed by atoms with E-state index in [0.717, 1.165) is 33.5 Å². The van der Waals surface area contributed by atoms with Crippen molar-refractivity contribution in [1.82, 2.24) is 4.98 Å². The first-order chi connectivity index (χ1) is 11.7. The Morgan fingerprint density at radius 3 is 2.67 bits per heavy atom. The third kappa shape index (κ3) is 3.59. The zero-order chi connectivity index (χ0) is 16.9. The molecule has 0 aliphatic carbocycles. The standard InChI is InChI=1S/C20H21NO3/c1-14-17-12-16(24-13-15-6-4-3-5-7-15)8-9-19(17)21-18(14)10-11-20(22)23-2/h3-9,12,21H,10-11,13H2,1-2H3. The number of aromatic nitrogens is 1. The molecule has 0 atom stereocenters. The minimum Gasteiger partial charge on any atom is -0.489 e. The lowest BCUT2D eigenvalue weighted by atomic mass is 10.1. The van der Waals surface area contributed by atoms with Crippen molar-refractivity contribution in [2.24, 2.45) is 0 Å². The summed E-state index contributed by atoms with van der Waals surface area (Å²) in [6, 6.07) is 16.1. The van der Waals surface area contributed by atoms with E-state index in [1.807, 2.05) is 48.5 Å². The van der Waals surface area contributed by atoms with Crippen LogP contribution in [0.1, 0.15) is 23.2 Å². The second-order valence-corrected chi connectivity index (χ2v) is 5.79. The maximum absolute atomic E-state index is 11.3. The van der Waals surface area contributed by atoms with Crippen molar-refractivity contribution in [2.75, 3.05) is 7.11 Å². The molecule has 0 saturated heterocycles. The third-order valence-electron chi connectivity index (χ3n) is 4.19. The van der Waals surface area contributed by atoms with Gasteiger partial charge in [0.1, 0.15) is 12.4 Å². The highest BCUT2D eigenvalue weighted by Gasteiger charge is 2.10. The van der Waals surface area contributed by atoms with Gasteiger partial charge in [0.2, 0.25) is 0 Å². The Labute approximate surface area is 141 Å². The zero-order valence-electron chi connectivity index (χ0n) is 14.0. The first-order valence-electron chi connectivity index (χ1n) is 8.02. The van der Waals surface area contributed by atoms with Gasteiger partial charge in [-0.25, -0.2) is 0 Å². The molecule has 0 radical (unpaired) electrons. The van der Waals surface area contributed by atoms with Gasteiger partial charge in [0.25, 0.3) is 0 Å².